The molecule has 6 nitrogen and oxygen atoms in total. The summed E-state index contributed by atoms with van der Waals surface area (Å²) >= 11 is 0. The summed E-state index contributed by atoms with van der Waals surface area (Å²) < 4.78 is 7.14. The van der Waals surface area contributed by atoms with Crippen LogP contribution in [0.4, 0.5) is 0 Å². The van der Waals surface area contributed by atoms with Crippen molar-refractivity contribution in [3.05, 3.63) is 48.0 Å². The maximum atomic E-state index is 12.1. The maximum absolute atomic E-state index is 12.1. The van der Waals surface area contributed by atoms with Crippen molar-refractivity contribution in [3.8, 4) is 5.75 Å². The SMILES string of the molecule is COc1cccc(C(O)C(=O)NCC(C)Cn2ccnc2C)c1. The van der Waals surface area contributed by atoms with Crippen molar-refractivity contribution in [2.45, 2.75) is 26.5 Å². The molecule has 2 rings (SSSR count). The summed E-state index contributed by atoms with van der Waals surface area (Å²) in [5.41, 5.74) is 0.514. The molecule has 1 aromatic carbocycles. The number of aryl methyl sites for hydroxylation is 1. The van der Waals surface area contributed by atoms with E-state index < -0.39 is 12.0 Å². The highest BCUT2D eigenvalue weighted by Crippen LogP contribution is 2.19. The van der Waals surface area contributed by atoms with Crippen LogP contribution < -0.4 is 10.1 Å². The quantitative estimate of drug-likeness (QED) is 0.815. The minimum Gasteiger partial charge on any atom is -0.497 e. The van der Waals surface area contributed by atoms with Crippen LogP contribution in [0.15, 0.2) is 36.7 Å². The molecule has 124 valence electrons. The minimum absolute atomic E-state index is 0.226. The van der Waals surface area contributed by atoms with Gasteiger partial charge in [-0.2, -0.15) is 0 Å². The number of methoxy groups -OCH3 is 1. The van der Waals surface area contributed by atoms with Crippen LogP contribution in [-0.4, -0.2) is 34.2 Å². The first-order valence-corrected chi connectivity index (χ1v) is 7.58. The molecule has 0 saturated heterocycles. The zero-order valence-electron chi connectivity index (χ0n) is 13.7. The van der Waals surface area contributed by atoms with Gasteiger partial charge >= 0.3 is 0 Å². The molecule has 6 heteroatoms. The summed E-state index contributed by atoms with van der Waals surface area (Å²) in [4.78, 5) is 16.3. The first-order valence-electron chi connectivity index (χ1n) is 7.58. The topological polar surface area (TPSA) is 76.4 Å². The number of nitrogens with zero attached hydrogens (tertiary/aromatic N) is 2. The lowest BCUT2D eigenvalue weighted by Gasteiger charge is -2.17. The van der Waals surface area contributed by atoms with Crippen molar-refractivity contribution in [2.75, 3.05) is 13.7 Å². The zero-order chi connectivity index (χ0) is 16.8. The van der Waals surface area contributed by atoms with Gasteiger partial charge in [0.15, 0.2) is 6.10 Å². The van der Waals surface area contributed by atoms with E-state index in [1.165, 1.54) is 0 Å². The molecule has 0 spiro atoms. The number of imidazole rings is 1. The molecule has 0 fully saturated rings. The third-order valence-electron chi connectivity index (χ3n) is 3.71. The summed E-state index contributed by atoms with van der Waals surface area (Å²) in [5.74, 6) is 1.37. The number of aliphatic hydroxyl groups excluding tert-OH is 1. The van der Waals surface area contributed by atoms with Gasteiger partial charge in [-0.3, -0.25) is 4.79 Å². The number of carbonyl (C=O) groups excluding carboxylic acids is 1. The van der Waals surface area contributed by atoms with Crippen LogP contribution in [-0.2, 0) is 11.3 Å². The van der Waals surface area contributed by atoms with Crippen LogP contribution in [0, 0.1) is 12.8 Å². The molecule has 1 amide bonds. The molecule has 2 aromatic rings. The second-order valence-electron chi connectivity index (χ2n) is 5.66. The minimum atomic E-state index is -1.20. The predicted molar refractivity (Wildman–Crippen MR) is 87.1 cm³/mol. The molecule has 1 heterocycles. The van der Waals surface area contributed by atoms with Gasteiger partial charge in [-0.1, -0.05) is 19.1 Å². The Morgan fingerprint density at radius 2 is 2.26 bits per heavy atom. The summed E-state index contributed by atoms with van der Waals surface area (Å²) in [6, 6.07) is 6.87. The summed E-state index contributed by atoms with van der Waals surface area (Å²) in [6.07, 6.45) is 2.47. The van der Waals surface area contributed by atoms with E-state index in [0.717, 1.165) is 12.4 Å². The molecule has 2 atom stereocenters. The van der Waals surface area contributed by atoms with Gasteiger partial charge < -0.3 is 19.7 Å². The van der Waals surface area contributed by atoms with E-state index in [9.17, 15) is 9.90 Å². The standard InChI is InChI=1S/C17H23N3O3/c1-12(11-20-8-7-18-13(20)2)10-19-17(22)16(21)14-5-4-6-15(9-14)23-3/h4-9,12,16,21H,10-11H2,1-3H3,(H,19,22). The number of ether oxygens (including phenoxy) is 1. The van der Waals surface area contributed by atoms with E-state index in [2.05, 4.69) is 10.3 Å². The predicted octanol–water partition coefficient (Wildman–Crippen LogP) is 1.69. The second-order valence-corrected chi connectivity index (χ2v) is 5.66. The molecule has 0 aliphatic carbocycles. The van der Waals surface area contributed by atoms with E-state index >= 15 is 0 Å². The smallest absolute Gasteiger partial charge is 0.253 e. The van der Waals surface area contributed by atoms with E-state index in [1.807, 2.05) is 24.6 Å². The fourth-order valence-corrected chi connectivity index (χ4v) is 2.33. The lowest BCUT2D eigenvalue weighted by Crippen LogP contribution is -2.33. The summed E-state index contributed by atoms with van der Waals surface area (Å²) in [6.45, 7) is 5.23. The number of hydrogen-bond acceptors (Lipinski definition) is 4. The highest BCUT2D eigenvalue weighted by atomic mass is 16.5. The van der Waals surface area contributed by atoms with E-state index in [1.54, 1.807) is 37.6 Å². The second kappa shape index (κ2) is 7.78. The number of rotatable bonds is 7. The van der Waals surface area contributed by atoms with Gasteiger partial charge in [-0.05, 0) is 30.5 Å². The zero-order valence-corrected chi connectivity index (χ0v) is 13.7. The third kappa shape index (κ3) is 4.56. The van der Waals surface area contributed by atoms with Crippen LogP contribution in [0.2, 0.25) is 0 Å². The monoisotopic (exact) mass is 317 g/mol. The Balaban J connectivity index is 1.87. The molecule has 0 aliphatic heterocycles. The molecule has 0 saturated carbocycles. The average molecular weight is 317 g/mol. The fourth-order valence-electron chi connectivity index (χ4n) is 2.33. The van der Waals surface area contributed by atoms with E-state index in [-0.39, 0.29) is 5.92 Å². The van der Waals surface area contributed by atoms with Crippen molar-refractivity contribution >= 4 is 5.91 Å². The van der Waals surface area contributed by atoms with Crippen molar-refractivity contribution in [3.63, 3.8) is 0 Å². The van der Waals surface area contributed by atoms with Crippen LogP contribution >= 0.6 is 0 Å². The number of nitrogens with one attached hydrogen (secondary N) is 1. The van der Waals surface area contributed by atoms with Gasteiger partial charge in [-0.25, -0.2) is 4.98 Å². The Hall–Kier alpha value is -2.34. The number of amides is 1. The first-order chi connectivity index (χ1) is 11.0. The first kappa shape index (κ1) is 17.0. The average Bonchev–Trinajstić information content (AvgIpc) is 2.96. The lowest BCUT2D eigenvalue weighted by molar-refractivity contribution is -0.129. The van der Waals surface area contributed by atoms with Gasteiger partial charge in [0.1, 0.15) is 11.6 Å². The molecular formula is C17H23N3O3. The van der Waals surface area contributed by atoms with Gasteiger partial charge in [-0.15, -0.1) is 0 Å². The van der Waals surface area contributed by atoms with Gasteiger partial charge in [0, 0.05) is 25.5 Å². The fraction of sp³-hybridized carbons (Fsp3) is 0.412. The Kier molecular flexibility index (Phi) is 5.76. The summed E-state index contributed by atoms with van der Waals surface area (Å²) in [5, 5.41) is 12.9. The molecular weight excluding hydrogens is 294 g/mol. The van der Waals surface area contributed by atoms with E-state index in [0.29, 0.717) is 17.9 Å². The molecule has 0 bridgehead atoms. The largest absolute Gasteiger partial charge is 0.497 e. The van der Waals surface area contributed by atoms with Crippen LogP contribution in [0.25, 0.3) is 0 Å². The number of hydrogen-bond donors (Lipinski definition) is 2. The highest BCUT2D eigenvalue weighted by molar-refractivity contribution is 5.82. The molecule has 0 radical (unpaired) electrons. The number of benzene rings is 1. The van der Waals surface area contributed by atoms with Crippen molar-refractivity contribution in [1.29, 1.82) is 0 Å². The maximum Gasteiger partial charge on any atom is 0.253 e. The van der Waals surface area contributed by atoms with Crippen molar-refractivity contribution in [1.82, 2.24) is 14.9 Å². The Bertz CT molecular complexity index is 654. The van der Waals surface area contributed by atoms with Gasteiger partial charge in [0.05, 0.1) is 7.11 Å². The van der Waals surface area contributed by atoms with Crippen LogP contribution in [0.1, 0.15) is 24.4 Å². The number of aliphatic hydroxyl groups is 1. The molecule has 1 aromatic heterocycles. The van der Waals surface area contributed by atoms with Crippen molar-refractivity contribution < 1.29 is 14.6 Å². The Morgan fingerprint density at radius 1 is 1.48 bits per heavy atom. The van der Waals surface area contributed by atoms with E-state index in [4.69, 9.17) is 4.74 Å². The molecule has 0 aliphatic rings. The normalized spacial score (nSPS) is 13.4. The highest BCUT2D eigenvalue weighted by Gasteiger charge is 2.18. The Labute approximate surface area is 136 Å². The molecule has 23 heavy (non-hydrogen) atoms. The third-order valence-corrected chi connectivity index (χ3v) is 3.71. The lowest BCUT2D eigenvalue weighted by atomic mass is 10.1. The van der Waals surface area contributed by atoms with Crippen LogP contribution in [0.3, 0.4) is 0 Å². The van der Waals surface area contributed by atoms with Crippen LogP contribution in [0.5, 0.6) is 5.75 Å². The molecule has 2 unspecified atom stereocenters. The number of aromatic nitrogens is 2. The Morgan fingerprint density at radius 3 is 2.91 bits per heavy atom. The molecule has 2 N–H and O–H groups in total. The van der Waals surface area contributed by atoms with Crippen molar-refractivity contribution in [2.24, 2.45) is 5.92 Å². The van der Waals surface area contributed by atoms with Gasteiger partial charge in [0.2, 0.25) is 0 Å². The van der Waals surface area contributed by atoms with Gasteiger partial charge in [0.25, 0.3) is 5.91 Å². The number of carbonyl (C=O) groups is 1. The summed E-state index contributed by atoms with van der Waals surface area (Å²) in [7, 11) is 1.55.